The average molecular weight is 610 g/mol. The molecule has 0 fully saturated rings. The number of nitrogens with zero attached hydrogens (tertiary/aromatic N) is 1. The number of anilines is 1. The fourth-order valence-electron chi connectivity index (χ4n) is 3.12. The lowest BCUT2D eigenvalue weighted by atomic mass is 10.0. The zero-order valence-electron chi connectivity index (χ0n) is 19.4. The third-order valence-electron chi connectivity index (χ3n) is 4.85. The summed E-state index contributed by atoms with van der Waals surface area (Å²) >= 11 is 12.1. The highest BCUT2D eigenvalue weighted by Crippen LogP contribution is 2.35. The van der Waals surface area contributed by atoms with E-state index in [0.717, 1.165) is 18.3 Å². The molecule has 0 saturated carbocycles. The number of alkyl halides is 3. The Morgan fingerprint density at radius 2 is 1.77 bits per heavy atom. The Balaban J connectivity index is 1.95. The van der Waals surface area contributed by atoms with Crippen molar-refractivity contribution in [2.75, 3.05) is 24.2 Å². The number of carbonyl (C=O) groups is 2. The third-order valence-corrected chi connectivity index (χ3v) is 6.22. The molecule has 1 aromatic heterocycles. The number of benzene rings is 2. The molecule has 0 aliphatic carbocycles. The van der Waals surface area contributed by atoms with Gasteiger partial charge < -0.3 is 15.4 Å². The topological polar surface area (TPSA) is 135 Å². The van der Waals surface area contributed by atoms with Crippen molar-refractivity contribution in [3.63, 3.8) is 0 Å². The summed E-state index contributed by atoms with van der Waals surface area (Å²) in [5, 5.41) is 4.26. The van der Waals surface area contributed by atoms with E-state index in [9.17, 15) is 35.6 Å². The van der Waals surface area contributed by atoms with Crippen LogP contribution in [-0.2, 0) is 10.1 Å². The number of aromatic nitrogens is 1. The molecule has 0 unspecified atom stereocenters. The maximum absolute atomic E-state index is 14.1. The molecular weight excluding hydrogens is 593 g/mol. The molecule has 2 amide bonds. The van der Waals surface area contributed by atoms with Crippen LogP contribution in [0.3, 0.4) is 0 Å². The van der Waals surface area contributed by atoms with Gasteiger partial charge in [-0.1, -0.05) is 29.3 Å². The molecule has 0 aliphatic heterocycles. The summed E-state index contributed by atoms with van der Waals surface area (Å²) in [5.74, 6) is -4.57. The quantitative estimate of drug-likeness (QED) is 0.229. The highest BCUT2D eigenvalue weighted by atomic mass is 35.5. The lowest BCUT2D eigenvalue weighted by Gasteiger charge is -2.16. The minimum atomic E-state index is -4.76. The molecule has 39 heavy (non-hydrogen) atoms. The summed E-state index contributed by atoms with van der Waals surface area (Å²) in [6.45, 7) is -2.15. The highest BCUT2D eigenvalue weighted by Gasteiger charge is 2.29. The number of halogens is 6. The fraction of sp³-hybridized carbons (Fsp3) is 0.174. The van der Waals surface area contributed by atoms with E-state index in [4.69, 9.17) is 32.5 Å². The van der Waals surface area contributed by atoms with Crippen LogP contribution in [0.2, 0.25) is 10.0 Å². The Morgan fingerprint density at radius 3 is 2.41 bits per heavy atom. The molecule has 16 heteroatoms. The van der Waals surface area contributed by atoms with Gasteiger partial charge >= 0.3 is 6.18 Å². The number of ether oxygens (including phenoxy) is 1. The van der Waals surface area contributed by atoms with Crippen LogP contribution < -0.4 is 15.4 Å². The van der Waals surface area contributed by atoms with Crippen LogP contribution in [0.1, 0.15) is 20.7 Å². The van der Waals surface area contributed by atoms with Gasteiger partial charge in [0, 0.05) is 34.5 Å². The molecule has 0 radical (unpaired) electrons. The first-order valence-corrected chi connectivity index (χ1v) is 13.0. The van der Waals surface area contributed by atoms with Gasteiger partial charge in [0.25, 0.3) is 21.9 Å². The van der Waals surface area contributed by atoms with Crippen LogP contribution in [0.4, 0.5) is 23.4 Å². The summed E-state index contributed by atoms with van der Waals surface area (Å²) in [6.07, 6.45) is -3.65. The normalized spacial score (nSPS) is 11.7. The SMILES string of the molecule is O=C(NCCS(=O)(=O)O)c1ccc(Cl)c(-c2cnc(NC(=O)c3c(F)cccc3Cl)c(OCC(F)(F)F)c2)c1. The second-order valence-corrected chi connectivity index (χ2v) is 10.1. The van der Waals surface area contributed by atoms with E-state index in [2.05, 4.69) is 15.6 Å². The first kappa shape index (κ1) is 30.1. The first-order chi connectivity index (χ1) is 18.1. The van der Waals surface area contributed by atoms with Crippen molar-refractivity contribution in [1.29, 1.82) is 0 Å². The molecule has 0 atom stereocenters. The number of hydrogen-bond donors (Lipinski definition) is 3. The van der Waals surface area contributed by atoms with E-state index >= 15 is 0 Å². The van der Waals surface area contributed by atoms with Gasteiger partial charge in [0.2, 0.25) is 0 Å². The Kier molecular flexibility index (Phi) is 9.38. The van der Waals surface area contributed by atoms with E-state index in [1.165, 1.54) is 30.3 Å². The Hall–Kier alpha value is -3.46. The van der Waals surface area contributed by atoms with Crippen LogP contribution in [0.15, 0.2) is 48.7 Å². The average Bonchev–Trinajstić information content (AvgIpc) is 2.82. The number of nitrogens with one attached hydrogen (secondary N) is 2. The molecule has 0 aliphatic rings. The van der Waals surface area contributed by atoms with Gasteiger partial charge in [-0.05, 0) is 36.4 Å². The highest BCUT2D eigenvalue weighted by molar-refractivity contribution is 7.85. The molecule has 9 nitrogen and oxygen atoms in total. The predicted octanol–water partition coefficient (Wildman–Crippen LogP) is 5.01. The molecule has 3 N–H and O–H groups in total. The van der Waals surface area contributed by atoms with E-state index in [0.29, 0.717) is 0 Å². The minimum absolute atomic E-state index is 0.00549. The maximum atomic E-state index is 14.1. The van der Waals surface area contributed by atoms with Crippen molar-refractivity contribution in [3.8, 4) is 16.9 Å². The lowest BCUT2D eigenvalue weighted by molar-refractivity contribution is -0.153. The number of pyridine rings is 1. The van der Waals surface area contributed by atoms with Crippen molar-refractivity contribution in [2.24, 2.45) is 0 Å². The van der Waals surface area contributed by atoms with Crippen LogP contribution in [0.5, 0.6) is 5.75 Å². The van der Waals surface area contributed by atoms with Gasteiger partial charge in [-0.3, -0.25) is 14.1 Å². The fourth-order valence-corrected chi connectivity index (χ4v) is 3.96. The summed E-state index contributed by atoms with van der Waals surface area (Å²) in [4.78, 5) is 28.9. The van der Waals surface area contributed by atoms with Gasteiger partial charge in [0.1, 0.15) is 5.82 Å². The Labute approximate surface area is 228 Å². The molecule has 3 rings (SSSR count). The molecule has 208 valence electrons. The predicted molar refractivity (Wildman–Crippen MR) is 134 cm³/mol. The molecule has 3 aromatic rings. The zero-order chi connectivity index (χ0) is 29.0. The largest absolute Gasteiger partial charge is 0.480 e. The monoisotopic (exact) mass is 609 g/mol. The van der Waals surface area contributed by atoms with Crippen molar-refractivity contribution >= 4 is 51.0 Å². The summed E-state index contributed by atoms with van der Waals surface area (Å²) in [7, 11) is -4.31. The van der Waals surface area contributed by atoms with Gasteiger partial charge in [-0.25, -0.2) is 9.37 Å². The standard InChI is InChI=1S/C23H17Cl2F4N3O6S/c24-15-5-4-12(21(33)30-6-7-39(35,36)37)8-14(15)13-9-18(38-11-23(27,28)29)20(31-10-13)32-22(34)19-16(25)2-1-3-17(19)26/h1-5,8-10H,6-7,11H2,(H,30,33)(H,31,32,34)(H,35,36,37). The molecule has 0 spiro atoms. The van der Waals surface area contributed by atoms with Crippen molar-refractivity contribution in [3.05, 3.63) is 75.7 Å². The minimum Gasteiger partial charge on any atom is -0.480 e. The lowest BCUT2D eigenvalue weighted by Crippen LogP contribution is -2.28. The van der Waals surface area contributed by atoms with Crippen molar-refractivity contribution < 1.29 is 44.9 Å². The number of hydrogen-bond acceptors (Lipinski definition) is 6. The second-order valence-electron chi connectivity index (χ2n) is 7.76. The number of carbonyl (C=O) groups excluding carboxylic acids is 2. The van der Waals surface area contributed by atoms with E-state index in [1.807, 2.05) is 0 Å². The Morgan fingerprint density at radius 1 is 1.05 bits per heavy atom. The summed E-state index contributed by atoms with van der Waals surface area (Å²) in [5.41, 5.74) is -0.373. The third kappa shape index (κ3) is 8.51. The summed E-state index contributed by atoms with van der Waals surface area (Å²) < 4.78 is 88.1. The van der Waals surface area contributed by atoms with Crippen molar-refractivity contribution in [2.45, 2.75) is 6.18 Å². The van der Waals surface area contributed by atoms with E-state index < -0.39 is 70.0 Å². The van der Waals surface area contributed by atoms with Gasteiger partial charge in [0.05, 0.1) is 16.3 Å². The molecular formula is C23H17Cl2F4N3O6S. The molecule has 0 bridgehead atoms. The van der Waals surface area contributed by atoms with Crippen LogP contribution >= 0.6 is 23.2 Å². The van der Waals surface area contributed by atoms with Gasteiger partial charge in [-0.15, -0.1) is 0 Å². The second kappa shape index (κ2) is 12.2. The number of rotatable bonds is 9. The van der Waals surface area contributed by atoms with Crippen molar-refractivity contribution in [1.82, 2.24) is 10.3 Å². The van der Waals surface area contributed by atoms with Gasteiger partial charge in [0.15, 0.2) is 18.2 Å². The zero-order valence-corrected chi connectivity index (χ0v) is 21.7. The Bertz CT molecular complexity index is 1500. The number of amides is 2. The van der Waals surface area contributed by atoms with Crippen LogP contribution in [-0.4, -0.2) is 54.8 Å². The van der Waals surface area contributed by atoms with Crippen LogP contribution in [0.25, 0.3) is 11.1 Å². The summed E-state index contributed by atoms with van der Waals surface area (Å²) in [6, 6.07) is 8.39. The molecule has 2 aromatic carbocycles. The maximum Gasteiger partial charge on any atom is 0.422 e. The molecule has 0 saturated heterocycles. The molecule has 1 heterocycles. The smallest absolute Gasteiger partial charge is 0.422 e. The van der Waals surface area contributed by atoms with E-state index in [1.54, 1.807) is 0 Å². The first-order valence-electron chi connectivity index (χ1n) is 10.6. The van der Waals surface area contributed by atoms with E-state index in [-0.39, 0.29) is 26.7 Å². The van der Waals surface area contributed by atoms with Gasteiger partial charge in [-0.2, -0.15) is 21.6 Å². The van der Waals surface area contributed by atoms with Crippen LogP contribution in [0, 0.1) is 5.82 Å².